The highest BCUT2D eigenvalue weighted by molar-refractivity contribution is 7.91. The van der Waals surface area contributed by atoms with Crippen LogP contribution < -0.4 is 15.1 Å². The third-order valence-electron chi connectivity index (χ3n) is 6.62. The van der Waals surface area contributed by atoms with Gasteiger partial charge in [-0.3, -0.25) is 0 Å². The number of nitrogens with one attached hydrogen (secondary N) is 1. The van der Waals surface area contributed by atoms with Crippen molar-refractivity contribution in [1.29, 1.82) is 0 Å². The molecular formula is C23H30ClN5O2S. The van der Waals surface area contributed by atoms with Crippen LogP contribution in [0.1, 0.15) is 31.9 Å². The zero-order chi connectivity index (χ0) is 22.1. The first-order valence-electron chi connectivity index (χ1n) is 11.5. The lowest BCUT2D eigenvalue weighted by atomic mass is 10.1. The molecule has 1 aromatic carbocycles. The largest absolute Gasteiger partial charge is 0.611 e. The quantitative estimate of drug-likeness (QED) is 0.641. The lowest BCUT2D eigenvalue weighted by Gasteiger charge is -2.30. The number of hydrogen-bond donors (Lipinski definition) is 1. The lowest BCUT2D eigenvalue weighted by molar-refractivity contribution is 0.0903. The van der Waals surface area contributed by atoms with Crippen LogP contribution in [0.25, 0.3) is 0 Å². The van der Waals surface area contributed by atoms with E-state index in [9.17, 15) is 4.55 Å². The van der Waals surface area contributed by atoms with Gasteiger partial charge in [0.1, 0.15) is 11.4 Å². The van der Waals surface area contributed by atoms with E-state index in [2.05, 4.69) is 34.2 Å². The number of ether oxygens (including phenoxy) is 1. The molecule has 3 aliphatic rings. The van der Waals surface area contributed by atoms with Gasteiger partial charge in [0.25, 0.3) is 0 Å². The highest BCUT2D eigenvalue weighted by atomic mass is 35.5. The normalized spacial score (nSPS) is 23.4. The van der Waals surface area contributed by atoms with Crippen molar-refractivity contribution in [3.8, 4) is 0 Å². The van der Waals surface area contributed by atoms with Crippen LogP contribution in [-0.2, 0) is 22.3 Å². The Kier molecular flexibility index (Phi) is 6.64. The molecule has 172 valence electrons. The summed E-state index contributed by atoms with van der Waals surface area (Å²) in [6, 6.07) is 8.77. The summed E-state index contributed by atoms with van der Waals surface area (Å²) in [7, 11) is 0. The molecule has 1 aromatic heterocycles. The van der Waals surface area contributed by atoms with E-state index in [-0.39, 0.29) is 0 Å². The zero-order valence-corrected chi connectivity index (χ0v) is 20.0. The number of benzene rings is 1. The topological polar surface area (TPSA) is 76.6 Å². The highest BCUT2D eigenvalue weighted by Gasteiger charge is 2.35. The van der Waals surface area contributed by atoms with Crippen molar-refractivity contribution in [2.24, 2.45) is 0 Å². The molecule has 0 spiro atoms. The van der Waals surface area contributed by atoms with Gasteiger partial charge >= 0.3 is 0 Å². The predicted molar refractivity (Wildman–Crippen MR) is 130 cm³/mol. The first kappa shape index (κ1) is 22.1. The Hall–Kier alpha value is -1.74. The molecular weight excluding hydrogens is 446 g/mol. The summed E-state index contributed by atoms with van der Waals surface area (Å²) < 4.78 is 18.1. The van der Waals surface area contributed by atoms with Gasteiger partial charge in [-0.15, -0.1) is 0 Å². The molecule has 5 rings (SSSR count). The van der Waals surface area contributed by atoms with Crippen molar-refractivity contribution in [2.45, 2.75) is 49.6 Å². The van der Waals surface area contributed by atoms with Gasteiger partial charge in [0.05, 0.1) is 0 Å². The molecule has 2 saturated heterocycles. The van der Waals surface area contributed by atoms with Crippen LogP contribution in [0.15, 0.2) is 29.2 Å². The summed E-state index contributed by atoms with van der Waals surface area (Å²) in [6.07, 6.45) is 3.69. The second-order valence-electron chi connectivity index (χ2n) is 8.63. The molecule has 0 bridgehead atoms. The average Bonchev–Trinajstić information content (AvgIpc) is 3.44. The van der Waals surface area contributed by atoms with E-state index in [1.54, 1.807) is 0 Å². The van der Waals surface area contributed by atoms with Gasteiger partial charge in [-0.2, -0.15) is 4.98 Å². The maximum atomic E-state index is 12.7. The van der Waals surface area contributed by atoms with Crippen LogP contribution in [0.5, 0.6) is 0 Å². The number of hydrogen-bond acceptors (Lipinski definition) is 7. The molecule has 32 heavy (non-hydrogen) atoms. The first-order valence-corrected chi connectivity index (χ1v) is 13.2. The van der Waals surface area contributed by atoms with Crippen LogP contribution in [0.4, 0.5) is 17.5 Å². The summed E-state index contributed by atoms with van der Waals surface area (Å²) in [5.41, 5.74) is 2.13. The molecule has 0 saturated carbocycles. The summed E-state index contributed by atoms with van der Waals surface area (Å²) in [5, 5.41) is 4.33. The number of anilines is 3. The molecule has 4 heterocycles. The van der Waals surface area contributed by atoms with Crippen LogP contribution >= 0.6 is 11.6 Å². The van der Waals surface area contributed by atoms with Gasteiger partial charge in [0, 0.05) is 62.1 Å². The van der Waals surface area contributed by atoms with E-state index in [0.29, 0.717) is 17.8 Å². The van der Waals surface area contributed by atoms with Crippen LogP contribution in [0, 0.1) is 0 Å². The standard InChI is InChI=1S/C23H30ClN5O2S/c1-2-29(18-5-3-16(24)4-6-18)19-7-11-28(15-19)23-26-20-10-14-32(30)21(20)22(27-23)25-17-8-12-31-13-9-17/h3-6,17,19H,2,7-15H2,1H3,(H,25,26,27)/t19-,32?/m1/s1. The second-order valence-corrected chi connectivity index (χ2v) is 10.6. The molecule has 0 aliphatic carbocycles. The fourth-order valence-electron chi connectivity index (χ4n) is 4.92. The van der Waals surface area contributed by atoms with Crippen molar-refractivity contribution in [3.63, 3.8) is 0 Å². The maximum Gasteiger partial charge on any atom is 0.227 e. The number of nitrogens with zero attached hydrogens (tertiary/aromatic N) is 4. The Labute approximate surface area is 197 Å². The minimum absolute atomic E-state index is 0.306. The Morgan fingerprint density at radius 1 is 1.22 bits per heavy atom. The monoisotopic (exact) mass is 475 g/mol. The Morgan fingerprint density at radius 3 is 2.75 bits per heavy atom. The van der Waals surface area contributed by atoms with Gasteiger partial charge in [-0.05, 0) is 61.6 Å². The third kappa shape index (κ3) is 4.51. The molecule has 2 fully saturated rings. The van der Waals surface area contributed by atoms with Gasteiger partial charge in [-0.1, -0.05) is 11.6 Å². The van der Waals surface area contributed by atoms with E-state index in [1.807, 2.05) is 12.1 Å². The van der Waals surface area contributed by atoms with Crippen molar-refractivity contribution >= 4 is 40.2 Å². The maximum absolute atomic E-state index is 12.7. The first-order chi connectivity index (χ1) is 15.6. The fourth-order valence-corrected chi connectivity index (χ4v) is 6.36. The van der Waals surface area contributed by atoms with E-state index < -0.39 is 11.2 Å². The van der Waals surface area contributed by atoms with Crippen molar-refractivity contribution in [1.82, 2.24) is 9.97 Å². The molecule has 3 aliphatic heterocycles. The zero-order valence-electron chi connectivity index (χ0n) is 18.4. The highest BCUT2D eigenvalue weighted by Crippen LogP contribution is 2.34. The molecule has 0 radical (unpaired) electrons. The number of fused-ring (bicyclic) bond motifs is 1. The molecule has 9 heteroatoms. The molecule has 0 amide bonds. The Morgan fingerprint density at radius 2 is 2.00 bits per heavy atom. The summed E-state index contributed by atoms with van der Waals surface area (Å²) >= 11 is 5.06. The van der Waals surface area contributed by atoms with Crippen molar-refractivity contribution in [3.05, 3.63) is 35.0 Å². The van der Waals surface area contributed by atoms with Gasteiger partial charge in [-0.25, -0.2) is 4.98 Å². The van der Waals surface area contributed by atoms with E-state index >= 15 is 0 Å². The number of aromatic nitrogens is 2. The molecule has 7 nitrogen and oxygen atoms in total. The molecule has 2 aromatic rings. The smallest absolute Gasteiger partial charge is 0.227 e. The Balaban J connectivity index is 1.36. The third-order valence-corrected chi connectivity index (χ3v) is 8.34. The lowest BCUT2D eigenvalue weighted by Crippen LogP contribution is -2.38. The average molecular weight is 476 g/mol. The Bertz CT molecular complexity index is 941. The van der Waals surface area contributed by atoms with Gasteiger partial charge in [0.2, 0.25) is 10.8 Å². The summed E-state index contributed by atoms with van der Waals surface area (Å²) in [4.78, 5) is 15.3. The number of likely N-dealkylation sites (N-methyl/N-ethyl adjacent to an activating group) is 1. The molecule has 2 atom stereocenters. The molecule has 1 N–H and O–H groups in total. The minimum atomic E-state index is -1.02. The minimum Gasteiger partial charge on any atom is -0.611 e. The fraction of sp³-hybridized carbons (Fsp3) is 0.565. The number of rotatable bonds is 6. The van der Waals surface area contributed by atoms with Gasteiger partial charge < -0.3 is 24.4 Å². The van der Waals surface area contributed by atoms with E-state index in [1.165, 1.54) is 5.69 Å². The van der Waals surface area contributed by atoms with Crippen molar-refractivity contribution in [2.75, 3.05) is 53.7 Å². The molecule has 1 unspecified atom stereocenters. The van der Waals surface area contributed by atoms with Crippen LogP contribution in [0.2, 0.25) is 5.02 Å². The SMILES string of the molecule is CCN(c1ccc(Cl)cc1)[C@@H]1CCN(c2nc3c(c(NC4CCOCC4)n2)[S+]([O-])CC3)C1. The van der Waals surface area contributed by atoms with Crippen molar-refractivity contribution < 1.29 is 9.29 Å². The predicted octanol–water partition coefficient (Wildman–Crippen LogP) is 3.49. The summed E-state index contributed by atoms with van der Waals surface area (Å²) in [6.45, 7) is 6.41. The van der Waals surface area contributed by atoms with Crippen LogP contribution in [0.3, 0.4) is 0 Å². The van der Waals surface area contributed by atoms with Gasteiger partial charge in [0.15, 0.2) is 5.82 Å². The second kappa shape index (κ2) is 9.63. The van der Waals surface area contributed by atoms with E-state index in [4.69, 9.17) is 26.3 Å². The number of halogens is 1. The van der Waals surface area contributed by atoms with Crippen LogP contribution in [-0.4, -0.2) is 65.2 Å². The van der Waals surface area contributed by atoms with E-state index in [0.717, 1.165) is 85.9 Å². The summed E-state index contributed by atoms with van der Waals surface area (Å²) in [5.74, 6) is 2.16. The number of aryl methyl sites for hydroxylation is 1.